The topological polar surface area (TPSA) is 84.4 Å². The van der Waals surface area contributed by atoms with E-state index < -0.39 is 15.8 Å². The van der Waals surface area contributed by atoms with Gasteiger partial charge in [-0.25, -0.2) is 27.5 Å². The molecule has 2 aliphatic rings. The van der Waals surface area contributed by atoms with Gasteiger partial charge in [-0.3, -0.25) is 0 Å². The fourth-order valence-corrected chi connectivity index (χ4v) is 4.30. The first-order valence-electron chi connectivity index (χ1n) is 7.66. The Morgan fingerprint density at radius 1 is 1.30 bits per heavy atom. The van der Waals surface area contributed by atoms with Gasteiger partial charge in [0.2, 0.25) is 16.0 Å². The zero-order valence-corrected chi connectivity index (χ0v) is 13.9. The maximum atomic E-state index is 12.9. The molecule has 2 aliphatic heterocycles. The highest BCUT2D eigenvalue weighted by Gasteiger charge is 2.44. The van der Waals surface area contributed by atoms with E-state index in [1.165, 1.54) is 6.26 Å². The summed E-state index contributed by atoms with van der Waals surface area (Å²) < 4.78 is 44.3. The molecule has 1 atom stereocenters. The van der Waals surface area contributed by atoms with Crippen LogP contribution in [0.25, 0.3) is 0 Å². The normalized spacial score (nSPS) is 24.8. The van der Waals surface area contributed by atoms with Crippen molar-refractivity contribution in [2.75, 3.05) is 37.5 Å². The Labute approximate surface area is 135 Å². The predicted molar refractivity (Wildman–Crippen MR) is 83.1 cm³/mol. The average Bonchev–Trinajstić information content (AvgIpc) is 2.50. The first-order valence-corrected chi connectivity index (χ1v) is 9.55. The van der Waals surface area contributed by atoms with E-state index in [-0.39, 0.29) is 11.5 Å². The Bertz CT molecular complexity index is 644. The highest BCUT2D eigenvalue weighted by molar-refractivity contribution is 7.88. The van der Waals surface area contributed by atoms with Crippen LogP contribution < -0.4 is 9.62 Å². The second-order valence-corrected chi connectivity index (χ2v) is 8.10. The van der Waals surface area contributed by atoms with E-state index in [1.54, 1.807) is 0 Å². The molecule has 0 aliphatic carbocycles. The number of ether oxygens (including phenoxy) is 1. The summed E-state index contributed by atoms with van der Waals surface area (Å²) in [5, 5.41) is 0. The third kappa shape index (κ3) is 3.78. The molecule has 0 saturated carbocycles. The third-order valence-electron chi connectivity index (χ3n) is 4.77. The van der Waals surface area contributed by atoms with Crippen LogP contribution in [0.1, 0.15) is 19.3 Å². The van der Waals surface area contributed by atoms with Gasteiger partial charge in [-0.05, 0) is 24.7 Å². The van der Waals surface area contributed by atoms with Crippen LogP contribution in [0.2, 0.25) is 0 Å². The fraction of sp³-hybridized carbons (Fsp3) is 0.714. The van der Waals surface area contributed by atoms with Gasteiger partial charge in [-0.2, -0.15) is 0 Å². The number of aromatic nitrogens is 2. The molecule has 0 radical (unpaired) electrons. The molecule has 1 N–H and O–H groups in total. The van der Waals surface area contributed by atoms with Gasteiger partial charge < -0.3 is 9.64 Å². The van der Waals surface area contributed by atoms with Crippen molar-refractivity contribution >= 4 is 16.0 Å². The average molecular weight is 344 g/mol. The third-order valence-corrected chi connectivity index (χ3v) is 5.49. The molecule has 0 bridgehead atoms. The van der Waals surface area contributed by atoms with E-state index in [1.807, 2.05) is 4.90 Å². The monoisotopic (exact) mass is 344 g/mol. The predicted octanol–water partition coefficient (Wildman–Crippen LogP) is 0.540. The molecule has 3 rings (SSSR count). The standard InChI is InChI=1S/C14H21FN4O3S/c1-23(20,21)18-12-10-22-7-4-14(12)2-5-19(6-3-14)13-16-8-11(15)9-17-13/h8-9,12,18H,2-7,10H2,1H3/t12-/m1/s1. The summed E-state index contributed by atoms with van der Waals surface area (Å²) in [4.78, 5) is 10.0. The molecule has 2 saturated heterocycles. The first kappa shape index (κ1) is 16.5. The minimum atomic E-state index is -3.28. The number of piperidine rings is 1. The molecule has 0 unspecified atom stereocenters. The lowest BCUT2D eigenvalue weighted by Gasteiger charge is -2.48. The van der Waals surface area contributed by atoms with Gasteiger partial charge in [0.25, 0.3) is 0 Å². The Morgan fingerprint density at radius 3 is 2.57 bits per heavy atom. The van der Waals surface area contributed by atoms with Crippen molar-refractivity contribution in [3.05, 3.63) is 18.2 Å². The number of anilines is 1. The van der Waals surface area contributed by atoms with Crippen LogP contribution in [-0.4, -0.2) is 57.0 Å². The molecular weight excluding hydrogens is 323 g/mol. The summed E-state index contributed by atoms with van der Waals surface area (Å²) in [6, 6.07) is -0.206. The summed E-state index contributed by atoms with van der Waals surface area (Å²) in [5.74, 6) is 0.0602. The number of sulfonamides is 1. The van der Waals surface area contributed by atoms with Crippen molar-refractivity contribution in [3.63, 3.8) is 0 Å². The lowest BCUT2D eigenvalue weighted by Crippen LogP contribution is -2.57. The van der Waals surface area contributed by atoms with Crippen LogP contribution in [0.15, 0.2) is 12.4 Å². The number of nitrogens with one attached hydrogen (secondary N) is 1. The second-order valence-electron chi connectivity index (χ2n) is 6.32. The molecule has 128 valence electrons. The van der Waals surface area contributed by atoms with Crippen LogP contribution in [0, 0.1) is 11.2 Å². The molecule has 0 aromatic carbocycles. The fourth-order valence-electron chi connectivity index (χ4n) is 3.46. The lowest BCUT2D eigenvalue weighted by molar-refractivity contribution is -0.0233. The van der Waals surface area contributed by atoms with Gasteiger partial charge >= 0.3 is 0 Å². The number of halogens is 1. The van der Waals surface area contributed by atoms with E-state index >= 15 is 0 Å². The highest BCUT2D eigenvalue weighted by atomic mass is 32.2. The smallest absolute Gasteiger partial charge is 0.225 e. The molecule has 9 heteroatoms. The van der Waals surface area contributed by atoms with Crippen LogP contribution in [0.4, 0.5) is 10.3 Å². The van der Waals surface area contributed by atoms with Crippen LogP contribution >= 0.6 is 0 Å². The second kappa shape index (κ2) is 6.29. The van der Waals surface area contributed by atoms with Crippen LogP contribution in [0.5, 0.6) is 0 Å². The van der Waals surface area contributed by atoms with Crippen molar-refractivity contribution in [1.29, 1.82) is 0 Å². The largest absolute Gasteiger partial charge is 0.380 e. The summed E-state index contributed by atoms with van der Waals surface area (Å²) in [5.41, 5.74) is -0.0993. The summed E-state index contributed by atoms with van der Waals surface area (Å²) in [6.45, 7) is 2.48. The number of hydrogen-bond acceptors (Lipinski definition) is 6. The quantitative estimate of drug-likeness (QED) is 0.862. The molecule has 1 aromatic heterocycles. The van der Waals surface area contributed by atoms with Gasteiger partial charge in [-0.1, -0.05) is 0 Å². The maximum Gasteiger partial charge on any atom is 0.225 e. The van der Waals surface area contributed by atoms with E-state index in [4.69, 9.17) is 4.74 Å². The van der Waals surface area contributed by atoms with E-state index in [0.29, 0.717) is 32.3 Å². The first-order chi connectivity index (χ1) is 10.9. The zero-order chi connectivity index (χ0) is 16.5. The molecule has 0 amide bonds. The number of rotatable bonds is 3. The SMILES string of the molecule is CS(=O)(=O)N[C@@H]1COCCC12CCN(c1ncc(F)cn1)CC2. The molecule has 3 heterocycles. The highest BCUT2D eigenvalue weighted by Crippen LogP contribution is 2.41. The van der Waals surface area contributed by atoms with Crippen LogP contribution in [0.3, 0.4) is 0 Å². The lowest BCUT2D eigenvalue weighted by atomic mass is 9.69. The molecular formula is C14H21FN4O3S. The van der Waals surface area contributed by atoms with Gasteiger partial charge in [0.05, 0.1) is 31.3 Å². The van der Waals surface area contributed by atoms with Crippen LogP contribution in [-0.2, 0) is 14.8 Å². The number of hydrogen-bond donors (Lipinski definition) is 1. The molecule has 2 fully saturated rings. The zero-order valence-electron chi connectivity index (χ0n) is 13.0. The molecule has 1 aromatic rings. The van der Waals surface area contributed by atoms with Crippen molar-refractivity contribution in [2.24, 2.45) is 5.41 Å². The summed E-state index contributed by atoms with van der Waals surface area (Å²) in [6.07, 6.45) is 5.98. The minimum Gasteiger partial charge on any atom is -0.380 e. The van der Waals surface area contributed by atoms with E-state index in [9.17, 15) is 12.8 Å². The molecule has 7 nitrogen and oxygen atoms in total. The van der Waals surface area contributed by atoms with Gasteiger partial charge in [0.1, 0.15) is 0 Å². The maximum absolute atomic E-state index is 12.9. The van der Waals surface area contributed by atoms with Gasteiger partial charge in [0.15, 0.2) is 5.82 Å². The number of nitrogens with zero attached hydrogens (tertiary/aromatic N) is 3. The Hall–Kier alpha value is -1.32. The van der Waals surface area contributed by atoms with Crippen molar-refractivity contribution in [1.82, 2.24) is 14.7 Å². The van der Waals surface area contributed by atoms with E-state index in [2.05, 4.69) is 14.7 Å². The Balaban J connectivity index is 1.71. The van der Waals surface area contributed by atoms with Crippen molar-refractivity contribution in [3.8, 4) is 0 Å². The molecule has 23 heavy (non-hydrogen) atoms. The van der Waals surface area contributed by atoms with E-state index in [0.717, 1.165) is 31.7 Å². The Morgan fingerprint density at radius 2 is 1.96 bits per heavy atom. The van der Waals surface area contributed by atoms with Gasteiger partial charge in [0, 0.05) is 19.7 Å². The van der Waals surface area contributed by atoms with Crippen molar-refractivity contribution in [2.45, 2.75) is 25.3 Å². The summed E-state index contributed by atoms with van der Waals surface area (Å²) >= 11 is 0. The Kier molecular flexibility index (Phi) is 4.52. The van der Waals surface area contributed by atoms with Gasteiger partial charge in [-0.15, -0.1) is 0 Å². The summed E-state index contributed by atoms with van der Waals surface area (Å²) in [7, 11) is -3.28. The molecule has 1 spiro atoms. The minimum absolute atomic E-state index is 0.0993. The van der Waals surface area contributed by atoms with Crippen molar-refractivity contribution < 1.29 is 17.5 Å².